The summed E-state index contributed by atoms with van der Waals surface area (Å²) in [5, 5.41) is 18.8. The third-order valence-corrected chi connectivity index (χ3v) is 4.91. The summed E-state index contributed by atoms with van der Waals surface area (Å²) in [7, 11) is 0. The number of aliphatic hydroxyl groups is 1. The van der Waals surface area contributed by atoms with Crippen molar-refractivity contribution in [2.45, 2.75) is 25.9 Å². The van der Waals surface area contributed by atoms with Crippen LogP contribution in [0.1, 0.15) is 30.3 Å². The van der Waals surface area contributed by atoms with Crippen molar-refractivity contribution in [3.05, 3.63) is 29.3 Å². The van der Waals surface area contributed by atoms with Gasteiger partial charge in [0, 0.05) is 19.0 Å². The van der Waals surface area contributed by atoms with E-state index < -0.39 is 0 Å². The summed E-state index contributed by atoms with van der Waals surface area (Å²) in [6, 6.07) is 5.77. The van der Waals surface area contributed by atoms with Gasteiger partial charge in [-0.25, -0.2) is 0 Å². The minimum absolute atomic E-state index is 0.0561. The number of aromatic amines is 1. The maximum atomic E-state index is 12.5. The molecule has 1 aliphatic heterocycles. The molecule has 21 heavy (non-hydrogen) atoms. The van der Waals surface area contributed by atoms with Crippen molar-refractivity contribution in [1.82, 2.24) is 15.1 Å². The Morgan fingerprint density at radius 2 is 2.48 bits per heavy atom. The number of likely N-dealkylation sites (tertiary alicyclic amines) is 1. The number of amides is 1. The number of H-pyrrole nitrogens is 1. The molecule has 1 fully saturated rings. The smallest absolute Gasteiger partial charge is 0.274 e. The molecular formula is C15H19N3O2S. The largest absolute Gasteiger partial charge is 0.393 e. The van der Waals surface area contributed by atoms with E-state index in [-0.39, 0.29) is 17.9 Å². The number of thiophene rings is 1. The average molecular weight is 305 g/mol. The van der Waals surface area contributed by atoms with Gasteiger partial charge in [-0.05, 0) is 37.3 Å². The first kappa shape index (κ1) is 14.3. The van der Waals surface area contributed by atoms with Crippen LogP contribution in [0.4, 0.5) is 0 Å². The number of nitrogens with one attached hydrogen (secondary N) is 1. The Kier molecular flexibility index (Phi) is 4.07. The Morgan fingerprint density at radius 1 is 1.62 bits per heavy atom. The summed E-state index contributed by atoms with van der Waals surface area (Å²) in [4.78, 5) is 15.4. The lowest BCUT2D eigenvalue weighted by Crippen LogP contribution is -2.43. The van der Waals surface area contributed by atoms with E-state index in [1.807, 2.05) is 17.5 Å². The predicted molar refractivity (Wildman–Crippen MR) is 82.2 cm³/mol. The average Bonchev–Trinajstić information content (AvgIpc) is 3.17. The maximum absolute atomic E-state index is 12.5. The normalized spacial score (nSPS) is 20.5. The fraction of sp³-hybridized carbons (Fsp3) is 0.467. The van der Waals surface area contributed by atoms with Gasteiger partial charge in [-0.2, -0.15) is 5.10 Å². The number of aromatic nitrogens is 2. The molecule has 6 heteroatoms. The van der Waals surface area contributed by atoms with Gasteiger partial charge in [0.25, 0.3) is 5.91 Å². The SMILES string of the molecule is CC(O)C1CCCN(C(=O)c2cc(-c3cccs3)[nH]n2)C1. The van der Waals surface area contributed by atoms with Crippen LogP contribution in [0.25, 0.3) is 10.6 Å². The molecule has 2 aromatic rings. The first-order valence-electron chi connectivity index (χ1n) is 7.22. The van der Waals surface area contributed by atoms with E-state index in [0.717, 1.165) is 30.0 Å². The van der Waals surface area contributed by atoms with Gasteiger partial charge in [0.05, 0.1) is 16.7 Å². The molecule has 0 aliphatic carbocycles. The molecule has 2 atom stereocenters. The number of nitrogens with zero attached hydrogens (tertiary/aromatic N) is 2. The molecule has 0 bridgehead atoms. The zero-order valence-electron chi connectivity index (χ0n) is 12.0. The van der Waals surface area contributed by atoms with Gasteiger partial charge in [0.15, 0.2) is 5.69 Å². The van der Waals surface area contributed by atoms with Crippen LogP contribution in [0.5, 0.6) is 0 Å². The molecule has 0 aromatic carbocycles. The molecule has 0 radical (unpaired) electrons. The molecule has 1 amide bonds. The Morgan fingerprint density at radius 3 is 3.19 bits per heavy atom. The van der Waals surface area contributed by atoms with Gasteiger partial charge in [-0.15, -0.1) is 11.3 Å². The highest BCUT2D eigenvalue weighted by molar-refractivity contribution is 7.13. The van der Waals surface area contributed by atoms with Crippen LogP contribution in [0.3, 0.4) is 0 Å². The van der Waals surface area contributed by atoms with Crippen molar-refractivity contribution < 1.29 is 9.90 Å². The van der Waals surface area contributed by atoms with E-state index in [4.69, 9.17) is 0 Å². The van der Waals surface area contributed by atoms with E-state index in [1.165, 1.54) is 0 Å². The highest BCUT2D eigenvalue weighted by atomic mass is 32.1. The second kappa shape index (κ2) is 5.99. The lowest BCUT2D eigenvalue weighted by molar-refractivity contribution is 0.0461. The molecule has 3 heterocycles. The first-order chi connectivity index (χ1) is 10.1. The van der Waals surface area contributed by atoms with Crippen LogP contribution in [0.2, 0.25) is 0 Å². The summed E-state index contributed by atoms with van der Waals surface area (Å²) in [5.41, 5.74) is 1.32. The topological polar surface area (TPSA) is 69.2 Å². The molecule has 1 aliphatic rings. The third-order valence-electron chi connectivity index (χ3n) is 4.01. The molecule has 112 valence electrons. The summed E-state index contributed by atoms with van der Waals surface area (Å²) < 4.78 is 0. The Labute approximate surface area is 127 Å². The quantitative estimate of drug-likeness (QED) is 0.914. The first-order valence-corrected chi connectivity index (χ1v) is 8.09. The van der Waals surface area contributed by atoms with Crippen molar-refractivity contribution >= 4 is 17.2 Å². The second-order valence-corrected chi connectivity index (χ2v) is 6.49. The van der Waals surface area contributed by atoms with Crippen molar-refractivity contribution in [1.29, 1.82) is 0 Å². The number of aliphatic hydroxyl groups excluding tert-OH is 1. The van der Waals surface area contributed by atoms with Gasteiger partial charge in [0.1, 0.15) is 0 Å². The van der Waals surface area contributed by atoms with Gasteiger partial charge >= 0.3 is 0 Å². The van der Waals surface area contributed by atoms with Crippen LogP contribution in [-0.4, -0.2) is 45.3 Å². The van der Waals surface area contributed by atoms with Crippen molar-refractivity contribution in [3.63, 3.8) is 0 Å². The predicted octanol–water partition coefficient (Wildman–Crippen LogP) is 2.37. The van der Waals surface area contributed by atoms with Gasteiger partial charge in [0.2, 0.25) is 0 Å². The molecule has 0 saturated carbocycles. The molecule has 5 nitrogen and oxygen atoms in total. The lowest BCUT2D eigenvalue weighted by atomic mass is 9.93. The van der Waals surface area contributed by atoms with Crippen molar-refractivity contribution in [2.75, 3.05) is 13.1 Å². The van der Waals surface area contributed by atoms with Crippen molar-refractivity contribution in [2.24, 2.45) is 5.92 Å². The molecule has 2 aromatic heterocycles. The monoisotopic (exact) mass is 305 g/mol. The Bertz CT molecular complexity index is 606. The number of hydrogen-bond donors (Lipinski definition) is 2. The summed E-state index contributed by atoms with van der Waals surface area (Å²) in [5.74, 6) is 0.109. The Balaban J connectivity index is 1.73. The molecule has 2 N–H and O–H groups in total. The molecule has 2 unspecified atom stereocenters. The minimum atomic E-state index is -0.374. The van der Waals surface area contributed by atoms with Crippen LogP contribution in [-0.2, 0) is 0 Å². The van der Waals surface area contributed by atoms with Gasteiger partial charge in [-0.3, -0.25) is 9.89 Å². The molecule has 1 saturated heterocycles. The zero-order valence-corrected chi connectivity index (χ0v) is 12.8. The minimum Gasteiger partial charge on any atom is -0.393 e. The summed E-state index contributed by atoms with van der Waals surface area (Å²) >= 11 is 1.61. The van der Waals surface area contributed by atoms with E-state index >= 15 is 0 Å². The van der Waals surface area contributed by atoms with E-state index in [9.17, 15) is 9.90 Å². The van der Waals surface area contributed by atoms with E-state index in [0.29, 0.717) is 12.2 Å². The maximum Gasteiger partial charge on any atom is 0.274 e. The summed E-state index contributed by atoms with van der Waals surface area (Å²) in [6.45, 7) is 3.14. The highest BCUT2D eigenvalue weighted by Gasteiger charge is 2.28. The fourth-order valence-corrected chi connectivity index (χ4v) is 3.43. The fourth-order valence-electron chi connectivity index (χ4n) is 2.74. The highest BCUT2D eigenvalue weighted by Crippen LogP contribution is 2.25. The number of piperidine rings is 1. The molecule has 0 spiro atoms. The Hall–Kier alpha value is -1.66. The standard InChI is InChI=1S/C15H19N3O2S/c1-10(19)11-4-2-6-18(9-11)15(20)13-8-12(16-17-13)14-5-3-7-21-14/h3,5,7-8,10-11,19H,2,4,6,9H2,1H3,(H,16,17). The second-order valence-electron chi connectivity index (χ2n) is 5.54. The van der Waals surface area contributed by atoms with Crippen LogP contribution in [0.15, 0.2) is 23.6 Å². The molecule has 3 rings (SSSR count). The summed E-state index contributed by atoms with van der Waals surface area (Å²) in [6.07, 6.45) is 1.54. The number of rotatable bonds is 3. The van der Waals surface area contributed by atoms with E-state index in [1.54, 1.807) is 29.2 Å². The van der Waals surface area contributed by atoms with Crippen LogP contribution in [0, 0.1) is 5.92 Å². The van der Waals surface area contributed by atoms with Crippen molar-refractivity contribution in [3.8, 4) is 10.6 Å². The zero-order chi connectivity index (χ0) is 14.8. The van der Waals surface area contributed by atoms with Gasteiger partial charge < -0.3 is 10.0 Å². The van der Waals surface area contributed by atoms with E-state index in [2.05, 4.69) is 10.2 Å². The molecular weight excluding hydrogens is 286 g/mol. The lowest BCUT2D eigenvalue weighted by Gasteiger charge is -2.33. The third kappa shape index (κ3) is 3.01. The van der Waals surface area contributed by atoms with Crippen LogP contribution >= 0.6 is 11.3 Å². The number of hydrogen-bond acceptors (Lipinski definition) is 4. The van der Waals surface area contributed by atoms with Crippen LogP contribution < -0.4 is 0 Å². The number of carbonyl (C=O) groups excluding carboxylic acids is 1. The van der Waals surface area contributed by atoms with Gasteiger partial charge in [-0.1, -0.05) is 6.07 Å². The number of carbonyl (C=O) groups is 1.